The summed E-state index contributed by atoms with van der Waals surface area (Å²) >= 11 is 0. The Kier molecular flexibility index (Phi) is 13.2. The van der Waals surface area contributed by atoms with Crippen molar-refractivity contribution in [2.45, 2.75) is 51.2 Å². The lowest BCUT2D eigenvalue weighted by Gasteiger charge is -2.25. The molecular formula is C15H31NO4. The van der Waals surface area contributed by atoms with Crippen LogP contribution in [0.4, 0.5) is 0 Å². The lowest BCUT2D eigenvalue weighted by atomic mass is 10.2. The van der Waals surface area contributed by atoms with Crippen molar-refractivity contribution in [3.05, 3.63) is 12.2 Å². The molecule has 120 valence electrons. The number of aliphatic hydroxyl groups is 4. The minimum atomic E-state index is -0.805. The van der Waals surface area contributed by atoms with E-state index in [1.807, 2.05) is 4.90 Å². The second-order valence-corrected chi connectivity index (χ2v) is 5.19. The van der Waals surface area contributed by atoms with E-state index in [0.717, 1.165) is 25.8 Å². The lowest BCUT2D eigenvalue weighted by Crippen LogP contribution is -2.40. The van der Waals surface area contributed by atoms with Crippen LogP contribution in [0.2, 0.25) is 0 Å². The zero-order valence-corrected chi connectivity index (χ0v) is 12.6. The van der Waals surface area contributed by atoms with Gasteiger partial charge in [-0.3, -0.25) is 4.90 Å². The van der Waals surface area contributed by atoms with Crippen LogP contribution in [-0.2, 0) is 0 Å². The maximum absolute atomic E-state index is 9.46. The molecule has 2 atom stereocenters. The zero-order valence-electron chi connectivity index (χ0n) is 12.6. The average Bonchev–Trinajstić information content (AvgIpc) is 2.45. The molecule has 0 amide bonds. The van der Waals surface area contributed by atoms with Crippen LogP contribution < -0.4 is 0 Å². The zero-order chi connectivity index (χ0) is 15.2. The first-order valence-corrected chi connectivity index (χ1v) is 7.59. The van der Waals surface area contributed by atoms with E-state index in [1.54, 1.807) is 0 Å². The summed E-state index contributed by atoms with van der Waals surface area (Å²) in [5, 5.41) is 36.7. The molecule has 0 rings (SSSR count). The van der Waals surface area contributed by atoms with E-state index in [1.165, 1.54) is 12.8 Å². The van der Waals surface area contributed by atoms with E-state index in [-0.39, 0.29) is 13.2 Å². The molecule has 0 radical (unpaired) electrons. The summed E-state index contributed by atoms with van der Waals surface area (Å²) in [6.45, 7) is 2.95. The Morgan fingerprint density at radius 3 is 1.85 bits per heavy atom. The van der Waals surface area contributed by atoms with Crippen LogP contribution >= 0.6 is 0 Å². The predicted molar refractivity (Wildman–Crippen MR) is 80.5 cm³/mol. The summed E-state index contributed by atoms with van der Waals surface area (Å²) in [6, 6.07) is 0. The molecule has 0 aromatic carbocycles. The normalized spacial score (nSPS) is 15.1. The molecule has 0 aliphatic rings. The first kappa shape index (κ1) is 19.5. The van der Waals surface area contributed by atoms with Crippen LogP contribution in [-0.4, -0.2) is 70.4 Å². The van der Waals surface area contributed by atoms with E-state index in [0.29, 0.717) is 13.1 Å². The van der Waals surface area contributed by atoms with E-state index >= 15 is 0 Å². The maximum Gasteiger partial charge on any atom is 0.0897 e. The van der Waals surface area contributed by atoms with Crippen LogP contribution in [0.3, 0.4) is 0 Å². The van der Waals surface area contributed by atoms with Crippen molar-refractivity contribution in [1.29, 1.82) is 0 Å². The fourth-order valence-corrected chi connectivity index (χ4v) is 1.96. The molecule has 0 aromatic rings. The van der Waals surface area contributed by atoms with Gasteiger partial charge in [0.15, 0.2) is 0 Å². The van der Waals surface area contributed by atoms with Crippen LogP contribution in [0.5, 0.6) is 0 Å². The van der Waals surface area contributed by atoms with E-state index in [9.17, 15) is 10.2 Å². The number of hydrogen-bond donors (Lipinski definition) is 4. The van der Waals surface area contributed by atoms with E-state index in [2.05, 4.69) is 19.1 Å². The summed E-state index contributed by atoms with van der Waals surface area (Å²) in [4.78, 5) is 1.88. The number of unbranched alkanes of at least 4 members (excludes halogenated alkanes) is 3. The van der Waals surface area contributed by atoms with Crippen molar-refractivity contribution in [2.75, 3.05) is 32.8 Å². The third-order valence-electron chi connectivity index (χ3n) is 3.10. The highest BCUT2D eigenvalue weighted by Crippen LogP contribution is 2.02. The summed E-state index contributed by atoms with van der Waals surface area (Å²) < 4.78 is 0. The minimum absolute atomic E-state index is 0.289. The number of allylic oxidation sites excluding steroid dienone is 2. The molecule has 0 bridgehead atoms. The number of aliphatic hydroxyl groups excluding tert-OH is 4. The Morgan fingerprint density at radius 2 is 1.40 bits per heavy atom. The molecule has 0 heterocycles. The van der Waals surface area contributed by atoms with Crippen LogP contribution in [0.15, 0.2) is 12.2 Å². The Balaban J connectivity index is 3.93. The van der Waals surface area contributed by atoms with Gasteiger partial charge in [-0.1, -0.05) is 31.9 Å². The highest BCUT2D eigenvalue weighted by atomic mass is 16.3. The number of rotatable bonds is 13. The van der Waals surface area contributed by atoms with Gasteiger partial charge in [-0.15, -0.1) is 0 Å². The maximum atomic E-state index is 9.46. The van der Waals surface area contributed by atoms with Crippen LogP contribution in [0.1, 0.15) is 39.0 Å². The van der Waals surface area contributed by atoms with Gasteiger partial charge in [0, 0.05) is 13.1 Å². The molecule has 4 N–H and O–H groups in total. The highest BCUT2D eigenvalue weighted by molar-refractivity contribution is 4.81. The van der Waals surface area contributed by atoms with Gasteiger partial charge in [-0.25, -0.2) is 0 Å². The first-order chi connectivity index (χ1) is 9.63. The Labute approximate surface area is 122 Å². The monoisotopic (exact) mass is 289 g/mol. The molecule has 2 unspecified atom stereocenters. The molecule has 0 aliphatic carbocycles. The topological polar surface area (TPSA) is 84.2 Å². The fraction of sp³-hybridized carbons (Fsp3) is 0.867. The summed E-state index contributed by atoms with van der Waals surface area (Å²) in [5.41, 5.74) is 0. The second-order valence-electron chi connectivity index (χ2n) is 5.19. The summed E-state index contributed by atoms with van der Waals surface area (Å²) in [7, 11) is 0. The molecule has 0 saturated heterocycles. The van der Waals surface area contributed by atoms with Gasteiger partial charge >= 0.3 is 0 Å². The quantitative estimate of drug-likeness (QED) is 0.293. The average molecular weight is 289 g/mol. The highest BCUT2D eigenvalue weighted by Gasteiger charge is 2.14. The Hall–Kier alpha value is -0.460. The Bertz CT molecular complexity index is 224. The van der Waals surface area contributed by atoms with E-state index < -0.39 is 12.2 Å². The largest absolute Gasteiger partial charge is 0.394 e. The second kappa shape index (κ2) is 13.5. The lowest BCUT2D eigenvalue weighted by molar-refractivity contribution is 0.0231. The van der Waals surface area contributed by atoms with Gasteiger partial charge in [-0.05, 0) is 25.8 Å². The molecule has 0 spiro atoms. The predicted octanol–water partition coefficient (Wildman–Crippen LogP) is 0.521. The minimum Gasteiger partial charge on any atom is -0.394 e. The van der Waals surface area contributed by atoms with Crippen LogP contribution in [0, 0.1) is 0 Å². The smallest absolute Gasteiger partial charge is 0.0897 e. The van der Waals surface area contributed by atoms with Crippen molar-refractivity contribution in [2.24, 2.45) is 0 Å². The van der Waals surface area contributed by atoms with Gasteiger partial charge in [0.1, 0.15) is 0 Å². The van der Waals surface area contributed by atoms with Gasteiger partial charge < -0.3 is 20.4 Å². The molecule has 0 saturated carbocycles. The van der Waals surface area contributed by atoms with Crippen molar-refractivity contribution in [3.8, 4) is 0 Å². The van der Waals surface area contributed by atoms with Gasteiger partial charge in [0.2, 0.25) is 0 Å². The van der Waals surface area contributed by atoms with Crippen molar-refractivity contribution in [1.82, 2.24) is 4.90 Å². The molecule has 0 aromatic heterocycles. The molecule has 0 aliphatic heterocycles. The van der Waals surface area contributed by atoms with Gasteiger partial charge in [-0.2, -0.15) is 0 Å². The molecule has 5 nitrogen and oxygen atoms in total. The van der Waals surface area contributed by atoms with E-state index in [4.69, 9.17) is 10.2 Å². The molecule has 5 heteroatoms. The van der Waals surface area contributed by atoms with Crippen molar-refractivity contribution in [3.63, 3.8) is 0 Å². The standard InChI is InChI=1S/C15H31NO4/c1-2-3-4-5-6-7-8-9-16(10-14(19)12-17)11-15(20)13-18/h5-6,14-15,17-20H,2-4,7-13H2,1H3/b6-5+. The summed E-state index contributed by atoms with van der Waals surface area (Å²) in [5.74, 6) is 0. The first-order valence-electron chi connectivity index (χ1n) is 7.59. The number of hydrogen-bond acceptors (Lipinski definition) is 5. The molecule has 0 fully saturated rings. The van der Waals surface area contributed by atoms with Crippen LogP contribution in [0.25, 0.3) is 0 Å². The third kappa shape index (κ3) is 11.4. The van der Waals surface area contributed by atoms with Crippen molar-refractivity contribution < 1.29 is 20.4 Å². The SMILES string of the molecule is CCCC/C=C/CCCN(CC(O)CO)CC(O)CO. The molecule has 20 heavy (non-hydrogen) atoms. The van der Waals surface area contributed by atoms with Crippen molar-refractivity contribution >= 4 is 0 Å². The molecular weight excluding hydrogens is 258 g/mol. The van der Waals surface area contributed by atoms with Gasteiger partial charge in [0.25, 0.3) is 0 Å². The summed E-state index contributed by atoms with van der Waals surface area (Å²) in [6.07, 6.45) is 8.18. The third-order valence-corrected chi connectivity index (χ3v) is 3.10. The fourth-order valence-electron chi connectivity index (χ4n) is 1.96. The number of nitrogens with zero attached hydrogens (tertiary/aromatic N) is 1. The van der Waals surface area contributed by atoms with Gasteiger partial charge in [0.05, 0.1) is 25.4 Å². The Morgan fingerprint density at radius 1 is 0.900 bits per heavy atom.